The van der Waals surface area contributed by atoms with Crippen molar-refractivity contribution in [3.8, 4) is 11.5 Å². The number of aryl methyl sites for hydroxylation is 1. The van der Waals surface area contributed by atoms with E-state index in [2.05, 4.69) is 10.3 Å². The lowest BCUT2D eigenvalue weighted by atomic mass is 9.93. The number of carbonyl (C=O) groups excluding carboxylic acids is 1. The van der Waals surface area contributed by atoms with Crippen LogP contribution in [0.2, 0.25) is 0 Å². The zero-order valence-electron chi connectivity index (χ0n) is 13.9. The van der Waals surface area contributed by atoms with Crippen LogP contribution in [0.1, 0.15) is 29.1 Å². The molecule has 2 aromatic rings. The van der Waals surface area contributed by atoms with Gasteiger partial charge in [-0.3, -0.25) is 4.79 Å². The van der Waals surface area contributed by atoms with Gasteiger partial charge in [0.25, 0.3) is 5.91 Å². The van der Waals surface area contributed by atoms with Gasteiger partial charge in [-0.25, -0.2) is 9.78 Å². The Morgan fingerprint density at radius 3 is 2.72 bits per heavy atom. The average molecular weight is 344 g/mol. The molecule has 132 valence electrons. The second-order valence-corrected chi connectivity index (χ2v) is 6.07. The van der Waals surface area contributed by atoms with Crippen molar-refractivity contribution >= 4 is 11.9 Å². The van der Waals surface area contributed by atoms with Crippen LogP contribution in [0.15, 0.2) is 34.7 Å². The summed E-state index contributed by atoms with van der Waals surface area (Å²) in [5, 5.41) is 12.0. The van der Waals surface area contributed by atoms with Crippen molar-refractivity contribution in [2.24, 2.45) is 5.92 Å². The van der Waals surface area contributed by atoms with Crippen molar-refractivity contribution in [1.82, 2.24) is 10.3 Å². The van der Waals surface area contributed by atoms with Crippen molar-refractivity contribution in [2.45, 2.75) is 25.8 Å². The molecule has 0 saturated carbocycles. The molecule has 25 heavy (non-hydrogen) atoms. The van der Waals surface area contributed by atoms with Gasteiger partial charge in [-0.2, -0.15) is 0 Å². The van der Waals surface area contributed by atoms with Crippen molar-refractivity contribution in [2.75, 3.05) is 13.2 Å². The van der Waals surface area contributed by atoms with Gasteiger partial charge in [0.15, 0.2) is 0 Å². The standard InChI is InChI=1S/C18H20N2O5/c1-11-15(25-17(19-11)12-6-3-2-4-7-12)16(21)20-14(18(22)23)13-8-5-9-24-10-13/h2-4,6-7,13-14H,5,8-10H2,1H3,(H,20,21)(H,22,23). The summed E-state index contributed by atoms with van der Waals surface area (Å²) in [6.45, 7) is 2.60. The number of nitrogens with one attached hydrogen (secondary N) is 1. The molecular formula is C18H20N2O5. The Morgan fingerprint density at radius 1 is 1.32 bits per heavy atom. The Kier molecular flexibility index (Phi) is 5.14. The quantitative estimate of drug-likeness (QED) is 0.863. The van der Waals surface area contributed by atoms with E-state index in [-0.39, 0.29) is 11.7 Å². The van der Waals surface area contributed by atoms with E-state index < -0.39 is 17.9 Å². The van der Waals surface area contributed by atoms with Crippen LogP contribution < -0.4 is 5.32 Å². The number of carboxylic acid groups (broad SMARTS) is 1. The van der Waals surface area contributed by atoms with Crippen molar-refractivity contribution in [3.05, 3.63) is 41.8 Å². The number of oxazole rings is 1. The predicted molar refractivity (Wildman–Crippen MR) is 89.1 cm³/mol. The Balaban J connectivity index is 1.78. The number of benzene rings is 1. The average Bonchev–Trinajstić information content (AvgIpc) is 3.02. The van der Waals surface area contributed by atoms with Gasteiger partial charge < -0.3 is 19.6 Å². The molecule has 1 aromatic carbocycles. The molecule has 2 heterocycles. The van der Waals surface area contributed by atoms with Crippen LogP contribution in [0.25, 0.3) is 11.5 Å². The Labute approximate surface area is 145 Å². The SMILES string of the molecule is Cc1nc(-c2ccccc2)oc1C(=O)NC(C(=O)O)C1CCCOC1. The van der Waals surface area contributed by atoms with Crippen LogP contribution in [0.5, 0.6) is 0 Å². The Morgan fingerprint density at radius 2 is 2.08 bits per heavy atom. The highest BCUT2D eigenvalue weighted by Gasteiger charge is 2.33. The molecule has 0 radical (unpaired) electrons. The predicted octanol–water partition coefficient (Wildman–Crippen LogP) is 2.26. The van der Waals surface area contributed by atoms with Crippen LogP contribution >= 0.6 is 0 Å². The number of carbonyl (C=O) groups is 2. The molecule has 1 aliphatic heterocycles. The number of aliphatic carboxylic acids is 1. The number of rotatable bonds is 5. The first-order valence-corrected chi connectivity index (χ1v) is 8.20. The normalized spacial score (nSPS) is 18.5. The number of aromatic nitrogens is 1. The smallest absolute Gasteiger partial charge is 0.326 e. The maximum atomic E-state index is 12.5. The third-order valence-electron chi connectivity index (χ3n) is 4.24. The number of hydrogen-bond acceptors (Lipinski definition) is 5. The van der Waals surface area contributed by atoms with Gasteiger partial charge in [0.1, 0.15) is 6.04 Å². The van der Waals surface area contributed by atoms with Crippen molar-refractivity contribution < 1.29 is 23.8 Å². The molecule has 7 heteroatoms. The molecule has 1 amide bonds. The minimum Gasteiger partial charge on any atom is -0.480 e. The lowest BCUT2D eigenvalue weighted by Crippen LogP contribution is -2.48. The number of carboxylic acids is 1. The lowest BCUT2D eigenvalue weighted by Gasteiger charge is -2.27. The second-order valence-electron chi connectivity index (χ2n) is 6.07. The van der Waals surface area contributed by atoms with E-state index in [1.54, 1.807) is 6.92 Å². The second kappa shape index (κ2) is 7.48. The summed E-state index contributed by atoms with van der Waals surface area (Å²) >= 11 is 0. The highest BCUT2D eigenvalue weighted by atomic mass is 16.5. The largest absolute Gasteiger partial charge is 0.480 e. The van der Waals surface area contributed by atoms with Crippen LogP contribution in [-0.4, -0.2) is 41.2 Å². The molecule has 1 fully saturated rings. The molecule has 3 rings (SSSR count). The van der Waals surface area contributed by atoms with Gasteiger partial charge in [-0.05, 0) is 31.9 Å². The first-order valence-electron chi connectivity index (χ1n) is 8.20. The van der Waals surface area contributed by atoms with Gasteiger partial charge in [0.05, 0.1) is 12.3 Å². The van der Waals surface area contributed by atoms with E-state index in [1.807, 2.05) is 30.3 Å². The van der Waals surface area contributed by atoms with Gasteiger partial charge in [0.2, 0.25) is 11.7 Å². The number of ether oxygens (including phenoxy) is 1. The van der Waals surface area contributed by atoms with E-state index in [0.717, 1.165) is 12.0 Å². The van der Waals surface area contributed by atoms with E-state index in [0.29, 0.717) is 31.2 Å². The van der Waals surface area contributed by atoms with Gasteiger partial charge in [0, 0.05) is 18.1 Å². The molecule has 7 nitrogen and oxygen atoms in total. The minimum absolute atomic E-state index is 0.0295. The van der Waals surface area contributed by atoms with Crippen LogP contribution in [-0.2, 0) is 9.53 Å². The van der Waals surface area contributed by atoms with Crippen LogP contribution in [0, 0.1) is 12.8 Å². The summed E-state index contributed by atoms with van der Waals surface area (Å²) in [4.78, 5) is 28.3. The fourth-order valence-electron chi connectivity index (χ4n) is 2.93. The molecule has 0 bridgehead atoms. The van der Waals surface area contributed by atoms with Crippen molar-refractivity contribution in [3.63, 3.8) is 0 Å². The molecule has 0 aliphatic carbocycles. The van der Waals surface area contributed by atoms with Crippen molar-refractivity contribution in [1.29, 1.82) is 0 Å². The highest BCUT2D eigenvalue weighted by molar-refractivity contribution is 5.95. The van der Waals surface area contributed by atoms with Gasteiger partial charge >= 0.3 is 5.97 Å². The first-order chi connectivity index (χ1) is 12.1. The zero-order chi connectivity index (χ0) is 17.8. The maximum absolute atomic E-state index is 12.5. The lowest BCUT2D eigenvalue weighted by molar-refractivity contribution is -0.142. The highest BCUT2D eigenvalue weighted by Crippen LogP contribution is 2.23. The summed E-state index contributed by atoms with van der Waals surface area (Å²) in [5.74, 6) is -1.56. The molecule has 2 N–H and O–H groups in total. The van der Waals surface area contributed by atoms with Gasteiger partial charge in [-0.15, -0.1) is 0 Å². The summed E-state index contributed by atoms with van der Waals surface area (Å²) in [6.07, 6.45) is 1.48. The Hall–Kier alpha value is -2.67. The molecule has 1 aromatic heterocycles. The monoisotopic (exact) mass is 344 g/mol. The summed E-state index contributed by atoms with van der Waals surface area (Å²) in [5.41, 5.74) is 1.17. The third-order valence-corrected chi connectivity index (χ3v) is 4.24. The fourth-order valence-corrected chi connectivity index (χ4v) is 2.93. The summed E-state index contributed by atoms with van der Waals surface area (Å²) in [7, 11) is 0. The van der Waals surface area contributed by atoms with E-state index >= 15 is 0 Å². The topological polar surface area (TPSA) is 102 Å². The molecule has 2 atom stereocenters. The van der Waals surface area contributed by atoms with Crippen LogP contribution in [0.3, 0.4) is 0 Å². The summed E-state index contributed by atoms with van der Waals surface area (Å²) < 4.78 is 10.9. The molecule has 1 aliphatic rings. The van der Waals surface area contributed by atoms with Gasteiger partial charge in [-0.1, -0.05) is 18.2 Å². The first kappa shape index (κ1) is 17.2. The van der Waals surface area contributed by atoms with E-state index in [1.165, 1.54) is 0 Å². The van der Waals surface area contributed by atoms with Crippen LogP contribution in [0.4, 0.5) is 0 Å². The zero-order valence-corrected chi connectivity index (χ0v) is 13.9. The van der Waals surface area contributed by atoms with E-state index in [4.69, 9.17) is 9.15 Å². The molecular weight excluding hydrogens is 324 g/mol. The molecule has 0 spiro atoms. The fraction of sp³-hybridized carbons (Fsp3) is 0.389. The Bertz CT molecular complexity index is 750. The van der Waals surface area contributed by atoms with E-state index in [9.17, 15) is 14.7 Å². The molecule has 2 unspecified atom stereocenters. The minimum atomic E-state index is -1.08. The summed E-state index contributed by atoms with van der Waals surface area (Å²) in [6, 6.07) is 8.20. The number of hydrogen-bond donors (Lipinski definition) is 2. The number of amides is 1. The number of nitrogens with zero attached hydrogens (tertiary/aromatic N) is 1. The third kappa shape index (κ3) is 3.88. The molecule has 1 saturated heterocycles. The maximum Gasteiger partial charge on any atom is 0.326 e.